The standard InChI is InChI=1S/C15H15BrN2OS/c1-15(19,8-11-2-4-12(16)5-3-11)9-13-10-18-6-7-20-14(18)17-13/h2-7,10,19H,8-9H2,1H3. The molecule has 1 atom stereocenters. The molecule has 1 unspecified atom stereocenters. The van der Waals surface area contributed by atoms with E-state index in [1.165, 1.54) is 0 Å². The van der Waals surface area contributed by atoms with Gasteiger partial charge in [0.25, 0.3) is 0 Å². The second-order valence-corrected chi connectivity index (χ2v) is 7.09. The number of aromatic nitrogens is 2. The highest BCUT2D eigenvalue weighted by Crippen LogP contribution is 2.21. The molecule has 0 fully saturated rings. The highest BCUT2D eigenvalue weighted by atomic mass is 79.9. The van der Waals surface area contributed by atoms with E-state index in [1.807, 2.05) is 53.4 Å². The monoisotopic (exact) mass is 350 g/mol. The number of rotatable bonds is 4. The molecule has 1 N–H and O–H groups in total. The Kier molecular flexibility index (Phi) is 3.67. The molecule has 0 aliphatic rings. The molecular weight excluding hydrogens is 336 g/mol. The van der Waals surface area contributed by atoms with Gasteiger partial charge in [-0.2, -0.15) is 0 Å². The molecule has 3 aromatic rings. The van der Waals surface area contributed by atoms with Crippen molar-refractivity contribution in [2.45, 2.75) is 25.4 Å². The number of benzene rings is 1. The molecule has 0 saturated heterocycles. The smallest absolute Gasteiger partial charge is 0.193 e. The van der Waals surface area contributed by atoms with E-state index >= 15 is 0 Å². The molecule has 0 aliphatic carbocycles. The van der Waals surface area contributed by atoms with Crippen molar-refractivity contribution in [3.05, 3.63) is 57.8 Å². The van der Waals surface area contributed by atoms with E-state index in [0.717, 1.165) is 20.7 Å². The minimum absolute atomic E-state index is 0.553. The summed E-state index contributed by atoms with van der Waals surface area (Å²) in [5.41, 5.74) is 1.26. The van der Waals surface area contributed by atoms with Crippen molar-refractivity contribution in [3.8, 4) is 0 Å². The van der Waals surface area contributed by atoms with E-state index in [1.54, 1.807) is 11.3 Å². The Morgan fingerprint density at radius 3 is 2.75 bits per heavy atom. The first-order valence-corrected chi connectivity index (χ1v) is 8.07. The van der Waals surface area contributed by atoms with Gasteiger partial charge in [0.05, 0.1) is 11.3 Å². The molecule has 0 radical (unpaired) electrons. The Morgan fingerprint density at radius 2 is 2.05 bits per heavy atom. The molecule has 0 aliphatic heterocycles. The van der Waals surface area contributed by atoms with E-state index in [4.69, 9.17) is 0 Å². The number of halogens is 1. The number of thiazole rings is 1. The van der Waals surface area contributed by atoms with Gasteiger partial charge in [0.2, 0.25) is 0 Å². The lowest BCUT2D eigenvalue weighted by atomic mass is 9.92. The minimum Gasteiger partial charge on any atom is -0.389 e. The Hall–Kier alpha value is -1.17. The Labute approximate surface area is 130 Å². The summed E-state index contributed by atoms with van der Waals surface area (Å²) in [5.74, 6) is 0. The van der Waals surface area contributed by atoms with Gasteiger partial charge in [-0.05, 0) is 24.6 Å². The first-order chi connectivity index (χ1) is 9.52. The summed E-state index contributed by atoms with van der Waals surface area (Å²) >= 11 is 5.02. The van der Waals surface area contributed by atoms with Crippen LogP contribution in [0.4, 0.5) is 0 Å². The van der Waals surface area contributed by atoms with Crippen LogP contribution in [0.25, 0.3) is 4.96 Å². The van der Waals surface area contributed by atoms with E-state index in [-0.39, 0.29) is 0 Å². The van der Waals surface area contributed by atoms with Gasteiger partial charge in [0.15, 0.2) is 4.96 Å². The molecule has 104 valence electrons. The van der Waals surface area contributed by atoms with Crippen molar-refractivity contribution in [1.29, 1.82) is 0 Å². The average molecular weight is 351 g/mol. The molecule has 0 spiro atoms. The molecule has 2 aromatic heterocycles. The number of nitrogens with zero attached hydrogens (tertiary/aromatic N) is 2. The average Bonchev–Trinajstić information content (AvgIpc) is 2.92. The Morgan fingerprint density at radius 1 is 1.30 bits per heavy atom. The fourth-order valence-electron chi connectivity index (χ4n) is 2.36. The van der Waals surface area contributed by atoms with Crippen molar-refractivity contribution >= 4 is 32.2 Å². The van der Waals surface area contributed by atoms with E-state index in [9.17, 15) is 5.11 Å². The van der Waals surface area contributed by atoms with Crippen LogP contribution in [0.2, 0.25) is 0 Å². The summed E-state index contributed by atoms with van der Waals surface area (Å²) in [4.78, 5) is 5.50. The third-order valence-corrected chi connectivity index (χ3v) is 4.50. The lowest BCUT2D eigenvalue weighted by Crippen LogP contribution is -2.30. The highest BCUT2D eigenvalue weighted by molar-refractivity contribution is 9.10. The van der Waals surface area contributed by atoms with Crippen molar-refractivity contribution in [1.82, 2.24) is 9.38 Å². The molecule has 5 heteroatoms. The molecule has 0 amide bonds. The van der Waals surface area contributed by atoms with Gasteiger partial charge in [-0.3, -0.25) is 4.40 Å². The van der Waals surface area contributed by atoms with Crippen LogP contribution >= 0.6 is 27.3 Å². The first kappa shape index (κ1) is 13.8. The van der Waals surface area contributed by atoms with E-state index < -0.39 is 5.60 Å². The second kappa shape index (κ2) is 5.31. The predicted octanol–water partition coefficient (Wildman–Crippen LogP) is 3.69. The Bertz CT molecular complexity index is 686. The molecule has 20 heavy (non-hydrogen) atoms. The number of hydrogen-bond donors (Lipinski definition) is 1. The van der Waals surface area contributed by atoms with Gasteiger partial charge in [-0.1, -0.05) is 28.1 Å². The largest absolute Gasteiger partial charge is 0.389 e. The zero-order valence-corrected chi connectivity index (χ0v) is 13.5. The van der Waals surface area contributed by atoms with Gasteiger partial charge in [0, 0.05) is 35.1 Å². The molecular formula is C15H15BrN2OS. The van der Waals surface area contributed by atoms with Gasteiger partial charge in [-0.25, -0.2) is 4.98 Å². The highest BCUT2D eigenvalue weighted by Gasteiger charge is 2.23. The summed E-state index contributed by atoms with van der Waals surface area (Å²) in [6, 6.07) is 8.06. The zero-order chi connectivity index (χ0) is 14.2. The lowest BCUT2D eigenvalue weighted by Gasteiger charge is -2.22. The third-order valence-electron chi connectivity index (χ3n) is 3.20. The van der Waals surface area contributed by atoms with E-state index in [0.29, 0.717) is 12.8 Å². The van der Waals surface area contributed by atoms with Crippen LogP contribution in [0.5, 0.6) is 0 Å². The summed E-state index contributed by atoms with van der Waals surface area (Å²) in [5, 5.41) is 12.6. The lowest BCUT2D eigenvalue weighted by molar-refractivity contribution is 0.0600. The van der Waals surface area contributed by atoms with Crippen LogP contribution < -0.4 is 0 Å². The number of aliphatic hydroxyl groups is 1. The predicted molar refractivity (Wildman–Crippen MR) is 85.2 cm³/mol. The van der Waals surface area contributed by atoms with Gasteiger partial charge in [0.1, 0.15) is 0 Å². The number of fused-ring (bicyclic) bond motifs is 1. The summed E-state index contributed by atoms with van der Waals surface area (Å²) < 4.78 is 3.05. The number of hydrogen-bond acceptors (Lipinski definition) is 3. The van der Waals surface area contributed by atoms with Crippen LogP contribution in [0.15, 0.2) is 46.5 Å². The molecule has 3 rings (SSSR count). The summed E-state index contributed by atoms with van der Waals surface area (Å²) in [6.07, 6.45) is 5.14. The van der Waals surface area contributed by atoms with Crippen molar-refractivity contribution < 1.29 is 5.11 Å². The summed E-state index contributed by atoms with van der Waals surface area (Å²) in [7, 11) is 0. The normalized spacial score (nSPS) is 14.6. The fourth-order valence-corrected chi connectivity index (χ4v) is 3.34. The van der Waals surface area contributed by atoms with Crippen LogP contribution in [-0.4, -0.2) is 20.1 Å². The molecule has 0 bridgehead atoms. The molecule has 2 heterocycles. The van der Waals surface area contributed by atoms with Crippen LogP contribution in [0, 0.1) is 0 Å². The fraction of sp³-hybridized carbons (Fsp3) is 0.267. The number of imidazole rings is 1. The first-order valence-electron chi connectivity index (χ1n) is 6.40. The Balaban J connectivity index is 1.74. The topological polar surface area (TPSA) is 37.5 Å². The SMILES string of the molecule is CC(O)(Cc1ccc(Br)cc1)Cc1cn2ccsc2n1. The zero-order valence-electron chi connectivity index (χ0n) is 11.1. The second-order valence-electron chi connectivity index (χ2n) is 5.30. The maximum atomic E-state index is 10.6. The van der Waals surface area contributed by atoms with E-state index in [2.05, 4.69) is 20.9 Å². The maximum Gasteiger partial charge on any atom is 0.193 e. The van der Waals surface area contributed by atoms with Crippen LogP contribution in [0.3, 0.4) is 0 Å². The van der Waals surface area contributed by atoms with Gasteiger partial charge < -0.3 is 5.11 Å². The molecule has 1 aromatic carbocycles. The molecule has 3 nitrogen and oxygen atoms in total. The summed E-state index contributed by atoms with van der Waals surface area (Å²) in [6.45, 7) is 1.86. The van der Waals surface area contributed by atoms with Crippen molar-refractivity contribution in [2.75, 3.05) is 0 Å². The minimum atomic E-state index is -0.794. The van der Waals surface area contributed by atoms with Crippen molar-refractivity contribution in [3.63, 3.8) is 0 Å². The third kappa shape index (κ3) is 3.11. The van der Waals surface area contributed by atoms with Gasteiger partial charge >= 0.3 is 0 Å². The maximum absolute atomic E-state index is 10.6. The quantitative estimate of drug-likeness (QED) is 0.778. The van der Waals surface area contributed by atoms with Crippen molar-refractivity contribution in [2.24, 2.45) is 0 Å². The van der Waals surface area contributed by atoms with Crippen LogP contribution in [-0.2, 0) is 12.8 Å². The van der Waals surface area contributed by atoms with Crippen LogP contribution in [0.1, 0.15) is 18.2 Å². The molecule has 0 saturated carbocycles. The van der Waals surface area contributed by atoms with Gasteiger partial charge in [-0.15, -0.1) is 11.3 Å².